The predicted octanol–water partition coefficient (Wildman–Crippen LogP) is 2.14. The molecule has 2 rings (SSSR count). The first kappa shape index (κ1) is 12.9. The van der Waals surface area contributed by atoms with Crippen molar-refractivity contribution >= 4 is 17.4 Å². The molecule has 0 bridgehead atoms. The van der Waals surface area contributed by atoms with Crippen LogP contribution in [-0.2, 0) is 13.0 Å². The smallest absolute Gasteiger partial charge is 0.319 e. The van der Waals surface area contributed by atoms with Crippen LogP contribution in [0.25, 0.3) is 0 Å². The van der Waals surface area contributed by atoms with Crippen molar-refractivity contribution in [2.24, 2.45) is 0 Å². The summed E-state index contributed by atoms with van der Waals surface area (Å²) in [6, 6.07) is 6.58. The zero-order valence-electron chi connectivity index (χ0n) is 10.6. The number of hydrogen-bond donors (Lipinski definition) is 3. The summed E-state index contributed by atoms with van der Waals surface area (Å²) >= 11 is 0. The molecule has 1 aromatic carbocycles. The van der Waals surface area contributed by atoms with Crippen molar-refractivity contribution in [2.75, 3.05) is 11.1 Å². The first-order chi connectivity index (χ1) is 9.17. The van der Waals surface area contributed by atoms with Crippen LogP contribution in [0.2, 0.25) is 0 Å². The first-order valence-corrected chi connectivity index (χ1v) is 6.01. The Hall–Kier alpha value is -2.50. The number of carbonyl (C=O) groups is 1. The van der Waals surface area contributed by atoms with Crippen LogP contribution in [0.1, 0.15) is 18.6 Å². The average molecular weight is 260 g/mol. The van der Waals surface area contributed by atoms with Crippen molar-refractivity contribution in [2.45, 2.75) is 19.9 Å². The number of anilines is 2. The highest BCUT2D eigenvalue weighted by Crippen LogP contribution is 2.10. The number of rotatable bonds is 4. The van der Waals surface area contributed by atoms with Gasteiger partial charge in [-0.25, -0.2) is 9.78 Å². The Morgan fingerprint density at radius 1 is 1.37 bits per heavy atom. The van der Waals surface area contributed by atoms with Gasteiger partial charge in [0.05, 0.1) is 12.7 Å². The summed E-state index contributed by atoms with van der Waals surface area (Å²) in [7, 11) is 0. The molecule has 2 amide bonds. The predicted molar refractivity (Wildman–Crippen MR) is 72.6 cm³/mol. The zero-order valence-corrected chi connectivity index (χ0v) is 10.6. The van der Waals surface area contributed by atoms with Gasteiger partial charge in [-0.15, -0.1) is 0 Å². The highest BCUT2D eigenvalue weighted by molar-refractivity contribution is 5.89. The number of aromatic nitrogens is 1. The summed E-state index contributed by atoms with van der Waals surface area (Å²) < 4.78 is 5.38. The van der Waals surface area contributed by atoms with Crippen LogP contribution in [0.5, 0.6) is 0 Å². The van der Waals surface area contributed by atoms with Gasteiger partial charge in [-0.05, 0) is 24.3 Å². The van der Waals surface area contributed by atoms with Gasteiger partial charge >= 0.3 is 6.03 Å². The molecule has 2 aromatic rings. The molecule has 0 aliphatic heterocycles. The summed E-state index contributed by atoms with van der Waals surface area (Å²) in [5, 5.41) is 5.35. The van der Waals surface area contributed by atoms with Crippen LogP contribution in [0, 0.1) is 0 Å². The number of oxazole rings is 1. The van der Waals surface area contributed by atoms with Crippen molar-refractivity contribution in [3.05, 3.63) is 42.1 Å². The Morgan fingerprint density at radius 3 is 2.74 bits per heavy atom. The number of hydrogen-bond acceptors (Lipinski definition) is 4. The SMILES string of the molecule is CCc1cnc(CNC(=O)Nc2ccc(N)cc2)o1. The number of amides is 2. The highest BCUT2D eigenvalue weighted by atomic mass is 16.4. The molecule has 100 valence electrons. The third-order valence-electron chi connectivity index (χ3n) is 2.52. The fourth-order valence-electron chi connectivity index (χ4n) is 1.49. The minimum Gasteiger partial charge on any atom is -0.444 e. The minimum absolute atomic E-state index is 0.251. The number of nitrogens with two attached hydrogens (primary N) is 1. The number of nitrogens with zero attached hydrogens (tertiary/aromatic N) is 1. The quantitative estimate of drug-likeness (QED) is 0.734. The van der Waals surface area contributed by atoms with Gasteiger partial charge in [-0.2, -0.15) is 0 Å². The Morgan fingerprint density at radius 2 is 2.11 bits per heavy atom. The summed E-state index contributed by atoms with van der Waals surface area (Å²) in [6.07, 6.45) is 2.44. The lowest BCUT2D eigenvalue weighted by Gasteiger charge is -2.06. The zero-order chi connectivity index (χ0) is 13.7. The number of nitrogen functional groups attached to an aromatic ring is 1. The van der Waals surface area contributed by atoms with Crippen LogP contribution >= 0.6 is 0 Å². The van der Waals surface area contributed by atoms with E-state index in [-0.39, 0.29) is 12.6 Å². The molecule has 0 saturated heterocycles. The molecule has 6 nitrogen and oxygen atoms in total. The van der Waals surface area contributed by atoms with Gasteiger partial charge in [-0.1, -0.05) is 6.92 Å². The number of benzene rings is 1. The second kappa shape index (κ2) is 5.90. The van der Waals surface area contributed by atoms with E-state index in [1.807, 2.05) is 6.92 Å². The maximum Gasteiger partial charge on any atom is 0.319 e. The second-order valence-corrected chi connectivity index (χ2v) is 4.00. The van der Waals surface area contributed by atoms with E-state index in [0.29, 0.717) is 17.3 Å². The van der Waals surface area contributed by atoms with Crippen LogP contribution < -0.4 is 16.4 Å². The summed E-state index contributed by atoms with van der Waals surface area (Å²) in [5.74, 6) is 1.29. The lowest BCUT2D eigenvalue weighted by Crippen LogP contribution is -2.28. The number of aryl methyl sites for hydroxylation is 1. The van der Waals surface area contributed by atoms with Gasteiger partial charge in [0, 0.05) is 17.8 Å². The van der Waals surface area contributed by atoms with Gasteiger partial charge in [0.2, 0.25) is 5.89 Å². The summed E-state index contributed by atoms with van der Waals surface area (Å²) in [4.78, 5) is 15.7. The van der Waals surface area contributed by atoms with Crippen LogP contribution in [0.3, 0.4) is 0 Å². The van der Waals surface area contributed by atoms with Crippen LogP contribution in [0.4, 0.5) is 16.2 Å². The fraction of sp³-hybridized carbons (Fsp3) is 0.231. The third-order valence-corrected chi connectivity index (χ3v) is 2.52. The maximum atomic E-state index is 11.6. The number of urea groups is 1. The molecular weight excluding hydrogens is 244 g/mol. The van der Waals surface area contributed by atoms with Gasteiger partial charge in [-0.3, -0.25) is 0 Å². The Bertz CT molecular complexity index is 548. The topological polar surface area (TPSA) is 93.2 Å². The third kappa shape index (κ3) is 3.74. The lowest BCUT2D eigenvalue weighted by atomic mass is 10.3. The molecule has 0 atom stereocenters. The van der Waals surface area contributed by atoms with Gasteiger partial charge in [0.1, 0.15) is 5.76 Å². The first-order valence-electron chi connectivity index (χ1n) is 6.01. The van der Waals surface area contributed by atoms with Crippen molar-refractivity contribution in [3.8, 4) is 0 Å². The van der Waals surface area contributed by atoms with E-state index >= 15 is 0 Å². The van der Waals surface area contributed by atoms with E-state index in [2.05, 4.69) is 15.6 Å². The highest BCUT2D eigenvalue weighted by Gasteiger charge is 2.05. The Balaban J connectivity index is 1.82. The molecule has 6 heteroatoms. The van der Waals surface area contributed by atoms with E-state index in [1.165, 1.54) is 0 Å². The molecule has 19 heavy (non-hydrogen) atoms. The molecule has 0 aliphatic rings. The van der Waals surface area contributed by atoms with E-state index in [4.69, 9.17) is 10.2 Å². The Labute approximate surface area is 111 Å². The number of carbonyl (C=O) groups excluding carboxylic acids is 1. The standard InChI is InChI=1S/C13H16N4O2/c1-2-11-7-15-12(19-11)8-16-13(18)17-10-5-3-9(14)4-6-10/h3-7H,2,8,14H2,1H3,(H2,16,17,18). The number of nitrogens with one attached hydrogen (secondary N) is 2. The molecule has 1 aromatic heterocycles. The molecule has 0 radical (unpaired) electrons. The molecule has 0 saturated carbocycles. The molecule has 0 aliphatic carbocycles. The van der Waals surface area contributed by atoms with E-state index in [1.54, 1.807) is 30.5 Å². The van der Waals surface area contributed by atoms with Gasteiger partial charge in [0.15, 0.2) is 0 Å². The fourth-order valence-corrected chi connectivity index (χ4v) is 1.49. The molecule has 0 unspecified atom stereocenters. The minimum atomic E-state index is -0.319. The van der Waals surface area contributed by atoms with E-state index in [9.17, 15) is 4.79 Å². The average Bonchev–Trinajstić information content (AvgIpc) is 2.87. The van der Waals surface area contributed by atoms with Crippen LogP contribution in [-0.4, -0.2) is 11.0 Å². The molecular formula is C13H16N4O2. The monoisotopic (exact) mass is 260 g/mol. The molecule has 1 heterocycles. The van der Waals surface area contributed by atoms with E-state index < -0.39 is 0 Å². The lowest BCUT2D eigenvalue weighted by molar-refractivity contribution is 0.250. The van der Waals surface area contributed by atoms with Crippen molar-refractivity contribution in [1.82, 2.24) is 10.3 Å². The largest absolute Gasteiger partial charge is 0.444 e. The Kier molecular flexibility index (Phi) is 4.02. The summed E-state index contributed by atoms with van der Waals surface area (Å²) in [6.45, 7) is 2.23. The molecule has 0 spiro atoms. The second-order valence-electron chi connectivity index (χ2n) is 4.00. The molecule has 0 fully saturated rings. The summed E-state index contributed by atoms with van der Waals surface area (Å²) in [5.41, 5.74) is 6.88. The van der Waals surface area contributed by atoms with E-state index in [0.717, 1.165) is 12.2 Å². The van der Waals surface area contributed by atoms with Crippen molar-refractivity contribution < 1.29 is 9.21 Å². The normalized spacial score (nSPS) is 10.2. The van der Waals surface area contributed by atoms with Gasteiger partial charge < -0.3 is 20.8 Å². The molecule has 4 N–H and O–H groups in total. The maximum absolute atomic E-state index is 11.6. The van der Waals surface area contributed by atoms with Crippen molar-refractivity contribution in [3.63, 3.8) is 0 Å². The van der Waals surface area contributed by atoms with Crippen molar-refractivity contribution in [1.29, 1.82) is 0 Å². The van der Waals surface area contributed by atoms with Crippen LogP contribution in [0.15, 0.2) is 34.9 Å². The van der Waals surface area contributed by atoms with Gasteiger partial charge in [0.25, 0.3) is 0 Å².